The third kappa shape index (κ3) is 4.67. The summed E-state index contributed by atoms with van der Waals surface area (Å²) in [4.78, 5) is 49.6. The van der Waals surface area contributed by atoms with Crippen molar-refractivity contribution in [1.29, 1.82) is 0 Å². The fourth-order valence-electron chi connectivity index (χ4n) is 3.87. The first kappa shape index (κ1) is 23.4. The molecular formula is C25H22FN5O4. The Kier molecular flexibility index (Phi) is 6.20. The lowest BCUT2D eigenvalue weighted by Gasteiger charge is -2.12. The molecule has 0 unspecified atom stereocenters. The van der Waals surface area contributed by atoms with E-state index in [1.807, 2.05) is 24.5 Å². The highest BCUT2D eigenvalue weighted by Gasteiger charge is 2.35. The third-order valence-electron chi connectivity index (χ3n) is 5.59. The number of carbonyl (C=O) groups excluding carboxylic acids is 4. The number of hydrogen-bond acceptors (Lipinski definition) is 4. The van der Waals surface area contributed by atoms with Crippen molar-refractivity contribution in [3.8, 4) is 5.69 Å². The Morgan fingerprint density at radius 1 is 1.09 bits per heavy atom. The monoisotopic (exact) mass is 475 g/mol. The van der Waals surface area contributed by atoms with Gasteiger partial charge in [-0.25, -0.2) is 14.1 Å². The largest absolute Gasteiger partial charge is 0.366 e. The molecule has 1 aliphatic rings. The molecule has 0 atom stereocenters. The summed E-state index contributed by atoms with van der Waals surface area (Å²) >= 11 is 0. The molecule has 4 rings (SSSR count). The van der Waals surface area contributed by atoms with Crippen LogP contribution in [0.3, 0.4) is 0 Å². The molecule has 178 valence electrons. The molecule has 2 aromatic carbocycles. The molecule has 1 aromatic heterocycles. The molecule has 0 radical (unpaired) electrons. The maximum absolute atomic E-state index is 13.8. The number of halogens is 1. The van der Waals surface area contributed by atoms with Crippen molar-refractivity contribution in [1.82, 2.24) is 14.8 Å². The van der Waals surface area contributed by atoms with E-state index in [4.69, 9.17) is 5.73 Å². The first-order valence-corrected chi connectivity index (χ1v) is 10.6. The number of urea groups is 1. The lowest BCUT2D eigenvalue weighted by molar-refractivity contribution is -0.127. The number of nitrogens with two attached hydrogens (primary N) is 1. The summed E-state index contributed by atoms with van der Waals surface area (Å²) in [6.45, 7) is 3.16. The van der Waals surface area contributed by atoms with Gasteiger partial charge in [0.2, 0.25) is 11.8 Å². The van der Waals surface area contributed by atoms with Crippen LogP contribution in [0.1, 0.15) is 27.3 Å². The summed E-state index contributed by atoms with van der Waals surface area (Å²) in [6, 6.07) is 13.5. The van der Waals surface area contributed by atoms with Gasteiger partial charge in [0.05, 0.1) is 5.69 Å². The van der Waals surface area contributed by atoms with Gasteiger partial charge in [0.25, 0.3) is 5.91 Å². The quantitative estimate of drug-likeness (QED) is 0.374. The smallest absolute Gasteiger partial charge is 0.329 e. The number of nitrogens with zero attached hydrogens (tertiary/aromatic N) is 2. The zero-order valence-corrected chi connectivity index (χ0v) is 19.0. The van der Waals surface area contributed by atoms with Crippen molar-refractivity contribution in [2.45, 2.75) is 13.8 Å². The first-order valence-electron chi connectivity index (χ1n) is 10.6. The predicted octanol–water partition coefficient (Wildman–Crippen LogP) is 2.86. The number of aryl methyl sites for hydroxylation is 1. The van der Waals surface area contributed by atoms with E-state index in [0.29, 0.717) is 11.1 Å². The number of carbonyl (C=O) groups is 4. The summed E-state index contributed by atoms with van der Waals surface area (Å²) in [6.07, 6.45) is 1.53. The van der Waals surface area contributed by atoms with Gasteiger partial charge in [-0.15, -0.1) is 0 Å². The van der Waals surface area contributed by atoms with Crippen molar-refractivity contribution in [3.63, 3.8) is 0 Å². The highest BCUT2D eigenvalue weighted by Crippen LogP contribution is 2.24. The van der Waals surface area contributed by atoms with Crippen LogP contribution in [-0.2, 0) is 9.59 Å². The molecule has 35 heavy (non-hydrogen) atoms. The SMILES string of the molecule is Cc1cc(/C=C2/NC(=O)N(CC(=O)Nc3ccccc3F)C2=O)c(C)n1-c1ccc(C(N)=O)cc1. The summed E-state index contributed by atoms with van der Waals surface area (Å²) < 4.78 is 15.7. The second kappa shape index (κ2) is 9.26. The molecule has 0 saturated carbocycles. The summed E-state index contributed by atoms with van der Waals surface area (Å²) in [5.74, 6) is -2.53. The number of anilines is 1. The topological polar surface area (TPSA) is 127 Å². The van der Waals surface area contributed by atoms with Gasteiger partial charge in [-0.3, -0.25) is 14.4 Å². The van der Waals surface area contributed by atoms with Crippen LogP contribution in [0.15, 0.2) is 60.3 Å². The molecule has 5 amide bonds. The minimum atomic E-state index is -0.749. The highest BCUT2D eigenvalue weighted by atomic mass is 19.1. The molecule has 3 aromatic rings. The van der Waals surface area contributed by atoms with Gasteiger partial charge < -0.3 is 20.9 Å². The van der Waals surface area contributed by atoms with Crippen LogP contribution in [0, 0.1) is 19.7 Å². The number of primary amides is 1. The molecule has 2 heterocycles. The Labute approximate surface area is 200 Å². The minimum Gasteiger partial charge on any atom is -0.366 e. The van der Waals surface area contributed by atoms with E-state index in [0.717, 1.165) is 22.0 Å². The fraction of sp³-hybridized carbons (Fsp3) is 0.120. The van der Waals surface area contributed by atoms with Gasteiger partial charge in [0, 0.05) is 22.6 Å². The number of hydrogen-bond donors (Lipinski definition) is 3. The van der Waals surface area contributed by atoms with Gasteiger partial charge in [0.15, 0.2) is 0 Å². The van der Waals surface area contributed by atoms with Crippen LogP contribution in [0.2, 0.25) is 0 Å². The Morgan fingerprint density at radius 3 is 2.43 bits per heavy atom. The van der Waals surface area contributed by atoms with E-state index in [-0.39, 0.29) is 11.4 Å². The van der Waals surface area contributed by atoms with Crippen LogP contribution in [-0.4, -0.2) is 39.8 Å². The van der Waals surface area contributed by atoms with Crippen molar-refractivity contribution in [3.05, 3.63) is 88.6 Å². The second-order valence-corrected chi connectivity index (χ2v) is 7.98. The molecule has 0 bridgehead atoms. The summed E-state index contributed by atoms with van der Waals surface area (Å²) in [5, 5.41) is 4.83. The van der Waals surface area contributed by atoms with E-state index in [1.54, 1.807) is 30.3 Å². The fourth-order valence-corrected chi connectivity index (χ4v) is 3.87. The van der Waals surface area contributed by atoms with Crippen LogP contribution >= 0.6 is 0 Å². The lowest BCUT2D eigenvalue weighted by Crippen LogP contribution is -2.38. The van der Waals surface area contributed by atoms with E-state index >= 15 is 0 Å². The average molecular weight is 475 g/mol. The molecule has 10 heteroatoms. The Bertz CT molecular complexity index is 1390. The molecule has 9 nitrogen and oxygen atoms in total. The van der Waals surface area contributed by atoms with E-state index in [9.17, 15) is 23.6 Å². The van der Waals surface area contributed by atoms with E-state index < -0.39 is 36.1 Å². The van der Waals surface area contributed by atoms with Gasteiger partial charge in [-0.2, -0.15) is 0 Å². The average Bonchev–Trinajstić information content (AvgIpc) is 3.24. The van der Waals surface area contributed by atoms with E-state index in [1.165, 1.54) is 24.3 Å². The standard InChI is InChI=1S/C25H22FN5O4/c1-14-11-17(15(2)31(14)18-9-7-16(8-10-18)23(27)33)12-21-24(34)30(25(35)29-21)13-22(32)28-20-6-4-3-5-19(20)26/h3-12H,13H2,1-2H3,(H2,27,33)(H,28,32)(H,29,35)/b21-12+. The number of benzene rings is 2. The first-order chi connectivity index (χ1) is 16.7. The minimum absolute atomic E-state index is 0.0121. The predicted molar refractivity (Wildman–Crippen MR) is 127 cm³/mol. The Morgan fingerprint density at radius 2 is 1.77 bits per heavy atom. The molecule has 1 saturated heterocycles. The molecular weight excluding hydrogens is 453 g/mol. The maximum Gasteiger partial charge on any atom is 0.329 e. The van der Waals surface area contributed by atoms with Gasteiger partial charge in [-0.05, 0) is 68.0 Å². The number of imide groups is 1. The van der Waals surface area contributed by atoms with Gasteiger partial charge in [-0.1, -0.05) is 12.1 Å². The van der Waals surface area contributed by atoms with E-state index in [2.05, 4.69) is 10.6 Å². The van der Waals surface area contributed by atoms with Crippen molar-refractivity contribution >= 4 is 35.5 Å². The van der Waals surface area contributed by atoms with Crippen molar-refractivity contribution < 1.29 is 23.6 Å². The van der Waals surface area contributed by atoms with Crippen LogP contribution in [0.25, 0.3) is 11.8 Å². The maximum atomic E-state index is 13.8. The molecule has 0 aliphatic carbocycles. The number of amides is 5. The van der Waals surface area contributed by atoms with Gasteiger partial charge >= 0.3 is 6.03 Å². The Hall–Kier alpha value is -4.73. The third-order valence-corrected chi connectivity index (χ3v) is 5.59. The lowest BCUT2D eigenvalue weighted by atomic mass is 10.2. The second-order valence-electron chi connectivity index (χ2n) is 7.98. The molecule has 1 fully saturated rings. The number of aromatic nitrogens is 1. The number of rotatable bonds is 6. The molecule has 1 aliphatic heterocycles. The Balaban J connectivity index is 1.53. The molecule has 4 N–H and O–H groups in total. The number of nitrogens with one attached hydrogen (secondary N) is 2. The zero-order valence-electron chi connectivity index (χ0n) is 19.0. The molecule has 0 spiro atoms. The van der Waals surface area contributed by atoms with Gasteiger partial charge in [0.1, 0.15) is 18.1 Å². The normalized spacial score (nSPS) is 14.4. The van der Waals surface area contributed by atoms with Crippen LogP contribution in [0.5, 0.6) is 0 Å². The summed E-state index contributed by atoms with van der Waals surface area (Å²) in [5.41, 5.74) is 8.79. The van der Waals surface area contributed by atoms with Crippen LogP contribution < -0.4 is 16.4 Å². The van der Waals surface area contributed by atoms with Crippen LogP contribution in [0.4, 0.5) is 14.9 Å². The summed E-state index contributed by atoms with van der Waals surface area (Å²) in [7, 11) is 0. The van der Waals surface area contributed by atoms with Crippen molar-refractivity contribution in [2.75, 3.05) is 11.9 Å². The number of para-hydroxylation sites is 1. The highest BCUT2D eigenvalue weighted by molar-refractivity contribution is 6.16. The van der Waals surface area contributed by atoms with Crippen molar-refractivity contribution in [2.24, 2.45) is 5.73 Å². The zero-order chi connectivity index (χ0) is 25.3.